The topological polar surface area (TPSA) is 170 Å². The van der Waals surface area contributed by atoms with Crippen LogP contribution in [0.2, 0.25) is 0 Å². The first-order valence-corrected chi connectivity index (χ1v) is 18.6. The first-order valence-electron chi connectivity index (χ1n) is 18.6. The summed E-state index contributed by atoms with van der Waals surface area (Å²) in [6.45, 7) is 16.7. The van der Waals surface area contributed by atoms with Crippen LogP contribution < -0.4 is 0 Å². The number of rotatable bonds is 10. The van der Waals surface area contributed by atoms with E-state index in [1.54, 1.807) is 6.92 Å². The molecule has 0 aromatic carbocycles. The molecule has 0 amide bonds. The Kier molecular flexibility index (Phi) is 13.4. The van der Waals surface area contributed by atoms with Crippen LogP contribution in [-0.2, 0) is 38.0 Å². The van der Waals surface area contributed by atoms with E-state index >= 15 is 0 Å². The van der Waals surface area contributed by atoms with Crippen molar-refractivity contribution in [3.63, 3.8) is 0 Å². The summed E-state index contributed by atoms with van der Waals surface area (Å²) in [5.41, 5.74) is -1.29. The maximum absolute atomic E-state index is 12.3. The summed E-state index contributed by atoms with van der Waals surface area (Å²) in [5.74, 6) is -5.90. The Labute approximate surface area is 319 Å². The second-order valence-corrected chi connectivity index (χ2v) is 16.8. The molecule has 4 N–H and O–H groups in total. The second-order valence-electron chi connectivity index (χ2n) is 16.8. The SMILES string of the molecule is CCC(=O)O[C@H]([C@H](C)[C@H]1O[C@@]2(CC[C@@](C)([C@H]3CC[C@@](C)(C4O[C@@H]([C@H]5O[C@@](O)(CO)[C@H](C)C[C@@H]5C)C[C@@H]4C)O3)O2)C[C@H](O)[C@H]1C)[C@@H](C)C(=O)O.[NaH]. The van der Waals surface area contributed by atoms with Crippen LogP contribution in [0.5, 0.6) is 0 Å². The van der Waals surface area contributed by atoms with E-state index < -0.39 is 71.5 Å². The quantitative estimate of drug-likeness (QED) is 0.191. The molecule has 13 heteroatoms. The number of hydrogen-bond acceptors (Lipinski definition) is 11. The van der Waals surface area contributed by atoms with Crippen LogP contribution >= 0.6 is 0 Å². The van der Waals surface area contributed by atoms with E-state index in [1.807, 2.05) is 27.7 Å². The van der Waals surface area contributed by atoms with Gasteiger partial charge in [0.05, 0.1) is 60.4 Å². The summed E-state index contributed by atoms with van der Waals surface area (Å²) in [5, 5.41) is 42.0. The van der Waals surface area contributed by atoms with Crippen molar-refractivity contribution in [2.24, 2.45) is 35.5 Å². The third-order valence-electron chi connectivity index (χ3n) is 12.9. The number of carboxylic acids is 1. The van der Waals surface area contributed by atoms with Crippen LogP contribution in [0.15, 0.2) is 0 Å². The number of aliphatic hydroxyl groups is 3. The van der Waals surface area contributed by atoms with Crippen molar-refractivity contribution in [3.8, 4) is 0 Å². The van der Waals surface area contributed by atoms with Crippen molar-refractivity contribution in [1.82, 2.24) is 0 Å². The summed E-state index contributed by atoms with van der Waals surface area (Å²) in [6, 6.07) is 0. The number of hydrogen-bond donors (Lipinski definition) is 4. The van der Waals surface area contributed by atoms with E-state index in [0.29, 0.717) is 12.8 Å². The molecular weight excluding hydrogens is 659 g/mol. The molecule has 5 fully saturated rings. The molecule has 1 unspecified atom stereocenters. The van der Waals surface area contributed by atoms with Crippen LogP contribution in [0, 0.1) is 35.5 Å². The van der Waals surface area contributed by atoms with Gasteiger partial charge in [-0.2, -0.15) is 0 Å². The summed E-state index contributed by atoms with van der Waals surface area (Å²) in [4.78, 5) is 24.3. The Bertz CT molecular complexity index is 1210. The van der Waals surface area contributed by atoms with Gasteiger partial charge in [-0.15, -0.1) is 0 Å². The molecule has 5 heterocycles. The standard InChI is InChI=1S/C37H62O12.Na.H/c1-10-28(40)45-30(24(7)33(41)42)23(6)31-22(5)25(39)17-36(47-31)14-13-34(8,49-36)27-11-12-35(9,46-27)32-20(3)16-26(44-32)29-19(2)15-21(4)37(43,18-38)48-29;;/h19-27,29-32,38-39,43H,10-18H2,1-9H3,(H,41,42);;/t19-,20-,21+,22+,23-,24+,25-,26+,27+,29-,30+,31-,32?,34-,35-,36+,37-;;/m0../s1. The van der Waals surface area contributed by atoms with Gasteiger partial charge >= 0.3 is 41.5 Å². The number of esters is 1. The van der Waals surface area contributed by atoms with Crippen LogP contribution in [-0.4, -0.2) is 134 Å². The van der Waals surface area contributed by atoms with Crippen LogP contribution in [0.25, 0.3) is 0 Å². The van der Waals surface area contributed by atoms with Crippen LogP contribution in [0.3, 0.4) is 0 Å². The number of ether oxygens (including phenoxy) is 6. The second kappa shape index (κ2) is 15.8. The predicted octanol–water partition coefficient (Wildman–Crippen LogP) is 3.54. The van der Waals surface area contributed by atoms with Crippen molar-refractivity contribution >= 4 is 41.5 Å². The van der Waals surface area contributed by atoms with Crippen LogP contribution in [0.1, 0.15) is 114 Å². The minimum absolute atomic E-state index is 0. The summed E-state index contributed by atoms with van der Waals surface area (Å²) >= 11 is 0. The van der Waals surface area contributed by atoms with E-state index in [1.165, 1.54) is 6.92 Å². The van der Waals surface area contributed by atoms with E-state index in [9.17, 15) is 30.0 Å². The van der Waals surface area contributed by atoms with Gasteiger partial charge < -0.3 is 48.8 Å². The molecule has 50 heavy (non-hydrogen) atoms. The van der Waals surface area contributed by atoms with Gasteiger partial charge in [0.25, 0.3) is 0 Å². The number of carbonyl (C=O) groups is 2. The number of carboxylic acid groups (broad SMARTS) is 1. The Morgan fingerprint density at radius 2 is 1.64 bits per heavy atom. The Morgan fingerprint density at radius 3 is 2.26 bits per heavy atom. The fraction of sp³-hybridized carbons (Fsp3) is 0.946. The van der Waals surface area contributed by atoms with E-state index in [0.717, 1.165) is 25.7 Å². The molecule has 5 saturated heterocycles. The molecule has 0 radical (unpaired) electrons. The van der Waals surface area contributed by atoms with Crippen LogP contribution in [0.4, 0.5) is 0 Å². The summed E-state index contributed by atoms with van der Waals surface area (Å²) in [7, 11) is 0. The van der Waals surface area contributed by atoms with Crippen molar-refractivity contribution in [2.45, 2.75) is 179 Å². The average molecular weight is 723 g/mol. The van der Waals surface area contributed by atoms with Gasteiger partial charge in [0.15, 0.2) is 11.6 Å². The van der Waals surface area contributed by atoms with Crippen molar-refractivity contribution < 1.29 is 58.4 Å². The molecule has 0 saturated carbocycles. The monoisotopic (exact) mass is 722 g/mol. The fourth-order valence-corrected chi connectivity index (χ4v) is 9.66. The van der Waals surface area contributed by atoms with Gasteiger partial charge in [0.1, 0.15) is 6.10 Å². The molecular formula is C37H63NaO12. The fourth-order valence-electron chi connectivity index (χ4n) is 9.66. The summed E-state index contributed by atoms with van der Waals surface area (Å²) in [6.07, 6.45) is 1.24. The third-order valence-corrected chi connectivity index (χ3v) is 12.9. The number of aliphatic hydroxyl groups excluding tert-OH is 2. The van der Waals surface area contributed by atoms with E-state index in [4.69, 9.17) is 28.4 Å². The van der Waals surface area contributed by atoms with Gasteiger partial charge in [-0.25, -0.2) is 0 Å². The minimum atomic E-state index is -1.58. The van der Waals surface area contributed by atoms with Crippen molar-refractivity contribution in [1.29, 1.82) is 0 Å². The third kappa shape index (κ3) is 8.02. The van der Waals surface area contributed by atoms with E-state index in [-0.39, 0.29) is 90.5 Å². The Morgan fingerprint density at radius 1 is 0.960 bits per heavy atom. The average Bonchev–Trinajstić information content (AvgIpc) is 3.74. The zero-order chi connectivity index (χ0) is 36.3. The molecule has 5 aliphatic rings. The van der Waals surface area contributed by atoms with E-state index in [2.05, 4.69) is 20.8 Å². The summed E-state index contributed by atoms with van der Waals surface area (Å²) < 4.78 is 39.1. The van der Waals surface area contributed by atoms with Gasteiger partial charge in [-0.1, -0.05) is 41.5 Å². The zero-order valence-corrected chi connectivity index (χ0v) is 30.9. The zero-order valence-electron chi connectivity index (χ0n) is 30.9. The predicted molar refractivity (Wildman–Crippen MR) is 184 cm³/mol. The van der Waals surface area contributed by atoms with Gasteiger partial charge in [0.2, 0.25) is 0 Å². The number of aliphatic carboxylic acids is 1. The number of carbonyl (C=O) groups excluding carboxylic acids is 1. The molecule has 0 aliphatic carbocycles. The Hall–Kier alpha value is -0.380. The molecule has 0 bridgehead atoms. The molecule has 17 atom stereocenters. The molecule has 0 aromatic rings. The molecule has 284 valence electrons. The van der Waals surface area contributed by atoms with Gasteiger partial charge in [-0.3, -0.25) is 9.59 Å². The first-order chi connectivity index (χ1) is 22.8. The molecule has 5 aliphatic heterocycles. The van der Waals surface area contributed by atoms with Crippen molar-refractivity contribution in [2.75, 3.05) is 6.61 Å². The van der Waals surface area contributed by atoms with Crippen molar-refractivity contribution in [3.05, 3.63) is 0 Å². The molecule has 1 spiro atoms. The molecule has 0 aromatic heterocycles. The van der Waals surface area contributed by atoms with Gasteiger partial charge in [0, 0.05) is 37.0 Å². The Balaban J connectivity index is 0.00000562. The molecule has 12 nitrogen and oxygen atoms in total. The first kappa shape index (κ1) is 42.4. The maximum atomic E-state index is 12.3. The van der Waals surface area contributed by atoms with Gasteiger partial charge in [-0.05, 0) is 64.7 Å². The molecule has 5 rings (SSSR count). The normalized spacial score (nSPS) is 48.2.